The number of anilines is 1. The van der Waals surface area contributed by atoms with Crippen molar-refractivity contribution in [1.29, 1.82) is 0 Å². The molecule has 1 aromatic carbocycles. The molecule has 0 spiro atoms. The van der Waals surface area contributed by atoms with Crippen molar-refractivity contribution < 1.29 is 14.2 Å². The summed E-state index contributed by atoms with van der Waals surface area (Å²) in [5.41, 5.74) is 6.64. The van der Waals surface area contributed by atoms with Crippen molar-refractivity contribution >= 4 is 16.5 Å². The fourth-order valence-corrected chi connectivity index (χ4v) is 2.51. The Morgan fingerprint density at radius 1 is 1.00 bits per heavy atom. The van der Waals surface area contributed by atoms with E-state index in [9.17, 15) is 0 Å². The van der Waals surface area contributed by atoms with Crippen molar-refractivity contribution in [3.63, 3.8) is 0 Å². The molecule has 0 atom stereocenters. The van der Waals surface area contributed by atoms with Crippen LogP contribution in [0.1, 0.15) is 10.6 Å². The fraction of sp³-hybridized carbons (Fsp3) is 0.385. The molecule has 6 nitrogen and oxygen atoms in total. The average Bonchev–Trinajstić information content (AvgIpc) is 2.89. The molecular weight excluding hydrogens is 278 g/mol. The minimum atomic E-state index is 0.491. The van der Waals surface area contributed by atoms with E-state index in [0.717, 1.165) is 23.4 Å². The van der Waals surface area contributed by atoms with Gasteiger partial charge in [0.25, 0.3) is 0 Å². The molecule has 2 aromatic rings. The summed E-state index contributed by atoms with van der Waals surface area (Å²) >= 11 is 1.40. The highest BCUT2D eigenvalue weighted by Crippen LogP contribution is 2.38. The summed E-state index contributed by atoms with van der Waals surface area (Å²) in [6.07, 6.45) is 1.57. The molecule has 0 saturated heterocycles. The predicted molar refractivity (Wildman–Crippen MR) is 77.8 cm³/mol. The van der Waals surface area contributed by atoms with Crippen molar-refractivity contribution in [3.05, 3.63) is 22.7 Å². The largest absolute Gasteiger partial charge is 0.493 e. The molecule has 0 aliphatic carbocycles. The summed E-state index contributed by atoms with van der Waals surface area (Å²) < 4.78 is 15.9. The maximum Gasteiger partial charge on any atom is 0.203 e. The number of aryl methyl sites for hydroxylation is 2. The first-order valence-corrected chi connectivity index (χ1v) is 6.86. The molecule has 0 bridgehead atoms. The van der Waals surface area contributed by atoms with Gasteiger partial charge in [0, 0.05) is 6.42 Å². The Balaban J connectivity index is 2.19. The zero-order chi connectivity index (χ0) is 14.5. The van der Waals surface area contributed by atoms with Gasteiger partial charge >= 0.3 is 0 Å². The molecule has 0 amide bonds. The normalized spacial score (nSPS) is 10.3. The van der Waals surface area contributed by atoms with Gasteiger partial charge in [-0.3, -0.25) is 0 Å². The number of ether oxygens (including phenoxy) is 3. The van der Waals surface area contributed by atoms with E-state index < -0.39 is 0 Å². The monoisotopic (exact) mass is 295 g/mol. The summed E-state index contributed by atoms with van der Waals surface area (Å²) in [5, 5.41) is 9.21. The number of hydrogen-bond donors (Lipinski definition) is 1. The van der Waals surface area contributed by atoms with E-state index >= 15 is 0 Å². The van der Waals surface area contributed by atoms with Crippen LogP contribution in [0, 0.1) is 0 Å². The van der Waals surface area contributed by atoms with Gasteiger partial charge in [-0.05, 0) is 24.1 Å². The van der Waals surface area contributed by atoms with Crippen molar-refractivity contribution in [2.24, 2.45) is 0 Å². The molecule has 7 heteroatoms. The van der Waals surface area contributed by atoms with Gasteiger partial charge in [0.2, 0.25) is 10.9 Å². The maximum absolute atomic E-state index is 5.57. The lowest BCUT2D eigenvalue weighted by Gasteiger charge is -2.13. The van der Waals surface area contributed by atoms with E-state index in [2.05, 4.69) is 10.2 Å². The molecule has 0 aliphatic rings. The molecule has 20 heavy (non-hydrogen) atoms. The van der Waals surface area contributed by atoms with Gasteiger partial charge < -0.3 is 19.9 Å². The highest BCUT2D eigenvalue weighted by molar-refractivity contribution is 7.15. The Morgan fingerprint density at radius 2 is 1.65 bits per heavy atom. The lowest BCUT2D eigenvalue weighted by molar-refractivity contribution is 0.324. The molecular formula is C13H17N3O3S. The van der Waals surface area contributed by atoms with Crippen LogP contribution in [0.15, 0.2) is 12.1 Å². The Labute approximate surface area is 121 Å². The number of methoxy groups -OCH3 is 3. The third kappa shape index (κ3) is 3.11. The molecule has 2 rings (SSSR count). The molecule has 1 heterocycles. The highest BCUT2D eigenvalue weighted by Gasteiger charge is 2.13. The first kappa shape index (κ1) is 14.4. The maximum atomic E-state index is 5.57. The van der Waals surface area contributed by atoms with E-state index in [0.29, 0.717) is 22.4 Å². The van der Waals surface area contributed by atoms with Crippen LogP contribution in [-0.4, -0.2) is 31.5 Å². The third-order valence-corrected chi connectivity index (χ3v) is 3.65. The van der Waals surface area contributed by atoms with Gasteiger partial charge in [-0.1, -0.05) is 11.3 Å². The number of aromatic nitrogens is 2. The van der Waals surface area contributed by atoms with Crippen LogP contribution in [0.25, 0.3) is 0 Å². The fourth-order valence-electron chi connectivity index (χ4n) is 1.90. The van der Waals surface area contributed by atoms with Gasteiger partial charge in [0.1, 0.15) is 5.01 Å². The zero-order valence-electron chi connectivity index (χ0n) is 11.7. The molecule has 0 aliphatic heterocycles. The van der Waals surface area contributed by atoms with Gasteiger partial charge in [-0.25, -0.2) is 0 Å². The molecule has 2 N–H and O–H groups in total. The van der Waals surface area contributed by atoms with Crippen LogP contribution in [0.4, 0.5) is 5.13 Å². The molecule has 1 aromatic heterocycles. The van der Waals surface area contributed by atoms with Crippen LogP contribution in [0.2, 0.25) is 0 Å². The molecule has 0 fully saturated rings. The number of hydrogen-bond acceptors (Lipinski definition) is 7. The predicted octanol–water partition coefficient (Wildman–Crippen LogP) is 1.93. The Kier molecular flexibility index (Phi) is 4.62. The zero-order valence-corrected chi connectivity index (χ0v) is 12.5. The van der Waals surface area contributed by atoms with E-state index in [4.69, 9.17) is 19.9 Å². The minimum absolute atomic E-state index is 0.491. The summed E-state index contributed by atoms with van der Waals surface area (Å²) in [6.45, 7) is 0. The van der Waals surface area contributed by atoms with Crippen LogP contribution in [-0.2, 0) is 12.8 Å². The second-order valence-corrected chi connectivity index (χ2v) is 5.16. The van der Waals surface area contributed by atoms with Gasteiger partial charge in [-0.2, -0.15) is 0 Å². The van der Waals surface area contributed by atoms with E-state index in [1.807, 2.05) is 12.1 Å². The Morgan fingerprint density at radius 3 is 2.10 bits per heavy atom. The van der Waals surface area contributed by atoms with Crippen molar-refractivity contribution in [1.82, 2.24) is 10.2 Å². The van der Waals surface area contributed by atoms with E-state index in [-0.39, 0.29) is 0 Å². The van der Waals surface area contributed by atoms with Crippen molar-refractivity contribution in [3.8, 4) is 17.2 Å². The topological polar surface area (TPSA) is 79.5 Å². The molecule has 0 unspecified atom stereocenters. The van der Waals surface area contributed by atoms with Gasteiger partial charge in [-0.15, -0.1) is 10.2 Å². The average molecular weight is 295 g/mol. The number of nitrogens with zero attached hydrogens (tertiary/aromatic N) is 2. The molecule has 0 radical (unpaired) electrons. The van der Waals surface area contributed by atoms with Gasteiger partial charge in [0.05, 0.1) is 21.3 Å². The third-order valence-electron chi connectivity index (χ3n) is 2.83. The van der Waals surface area contributed by atoms with Crippen molar-refractivity contribution in [2.45, 2.75) is 12.8 Å². The SMILES string of the molecule is COc1cc(CCc2nnc(N)s2)cc(OC)c1OC. The number of nitrogens with two attached hydrogens (primary N) is 1. The highest BCUT2D eigenvalue weighted by atomic mass is 32.1. The standard InChI is InChI=1S/C13H17N3O3S/c1-17-9-6-8(7-10(18-2)12(9)19-3)4-5-11-15-16-13(14)20-11/h6-7H,4-5H2,1-3H3,(H2,14,16). The van der Waals surface area contributed by atoms with Crippen LogP contribution < -0.4 is 19.9 Å². The quantitative estimate of drug-likeness (QED) is 0.877. The summed E-state index contributed by atoms with van der Waals surface area (Å²) in [7, 11) is 4.79. The Hall–Kier alpha value is -2.02. The van der Waals surface area contributed by atoms with E-state index in [1.165, 1.54) is 11.3 Å². The summed E-state index contributed by atoms with van der Waals surface area (Å²) in [4.78, 5) is 0. The Bertz CT molecular complexity index is 561. The first-order valence-electron chi connectivity index (χ1n) is 6.04. The van der Waals surface area contributed by atoms with Crippen molar-refractivity contribution in [2.75, 3.05) is 27.1 Å². The molecule has 0 saturated carbocycles. The lowest BCUT2D eigenvalue weighted by atomic mass is 10.1. The van der Waals surface area contributed by atoms with Crippen LogP contribution in [0.3, 0.4) is 0 Å². The number of benzene rings is 1. The second-order valence-electron chi connectivity index (χ2n) is 4.07. The minimum Gasteiger partial charge on any atom is -0.493 e. The van der Waals surface area contributed by atoms with Crippen LogP contribution >= 0.6 is 11.3 Å². The smallest absolute Gasteiger partial charge is 0.203 e. The molecule has 108 valence electrons. The summed E-state index contributed by atoms with van der Waals surface area (Å²) in [6, 6.07) is 3.87. The first-order chi connectivity index (χ1) is 9.67. The second kappa shape index (κ2) is 6.42. The van der Waals surface area contributed by atoms with E-state index in [1.54, 1.807) is 21.3 Å². The summed E-state index contributed by atoms with van der Waals surface area (Å²) in [5.74, 6) is 1.90. The van der Waals surface area contributed by atoms with Crippen LogP contribution in [0.5, 0.6) is 17.2 Å². The number of rotatable bonds is 6. The van der Waals surface area contributed by atoms with Gasteiger partial charge in [0.15, 0.2) is 11.5 Å². The number of nitrogen functional groups attached to an aromatic ring is 1. The lowest BCUT2D eigenvalue weighted by Crippen LogP contribution is -1.98.